The normalized spacial score (nSPS) is 15.6. The van der Waals surface area contributed by atoms with Crippen molar-refractivity contribution in [2.75, 3.05) is 6.54 Å². The largest absolute Gasteiger partial charge is 0.352 e. The average molecular weight is 184 g/mol. The molecule has 0 spiro atoms. The molecule has 0 heterocycles. The number of hydrogen-bond donors (Lipinski definition) is 2. The maximum Gasteiger partial charge on any atom is 0.239 e. The first-order chi connectivity index (χ1) is 6.09. The molecule has 4 nitrogen and oxygen atoms in total. The van der Waals surface area contributed by atoms with Crippen LogP contribution in [0.5, 0.6) is 0 Å². The maximum absolute atomic E-state index is 11.1. The van der Waals surface area contributed by atoms with E-state index in [1.54, 1.807) is 0 Å². The number of amides is 2. The van der Waals surface area contributed by atoms with Crippen LogP contribution in [0, 0.1) is 5.92 Å². The summed E-state index contributed by atoms with van der Waals surface area (Å²) in [7, 11) is 0. The molecule has 0 atom stereocenters. The van der Waals surface area contributed by atoms with E-state index in [-0.39, 0.29) is 30.3 Å². The van der Waals surface area contributed by atoms with Gasteiger partial charge < -0.3 is 10.6 Å². The van der Waals surface area contributed by atoms with Crippen LogP contribution in [-0.4, -0.2) is 24.4 Å². The zero-order chi connectivity index (χ0) is 9.84. The Morgan fingerprint density at radius 3 is 2.46 bits per heavy atom. The van der Waals surface area contributed by atoms with E-state index in [0.29, 0.717) is 0 Å². The minimum atomic E-state index is -0.121. The fraction of sp³-hybridized carbons (Fsp3) is 0.778. The van der Waals surface area contributed by atoms with E-state index < -0.39 is 0 Å². The van der Waals surface area contributed by atoms with E-state index in [2.05, 4.69) is 10.6 Å². The van der Waals surface area contributed by atoms with Crippen molar-refractivity contribution in [3.05, 3.63) is 0 Å². The van der Waals surface area contributed by atoms with Gasteiger partial charge in [-0.3, -0.25) is 9.59 Å². The summed E-state index contributed by atoms with van der Waals surface area (Å²) in [5, 5.41) is 5.30. The fourth-order valence-corrected chi connectivity index (χ4v) is 1.03. The topological polar surface area (TPSA) is 58.2 Å². The van der Waals surface area contributed by atoms with E-state index in [1.807, 2.05) is 13.8 Å². The van der Waals surface area contributed by atoms with Crippen molar-refractivity contribution in [1.82, 2.24) is 10.6 Å². The van der Waals surface area contributed by atoms with Crippen LogP contribution in [0.15, 0.2) is 0 Å². The van der Waals surface area contributed by atoms with Crippen molar-refractivity contribution in [2.45, 2.75) is 32.7 Å². The van der Waals surface area contributed by atoms with Crippen molar-refractivity contribution in [1.29, 1.82) is 0 Å². The van der Waals surface area contributed by atoms with Crippen molar-refractivity contribution in [2.24, 2.45) is 5.92 Å². The lowest BCUT2D eigenvalue weighted by atomic mass is 10.3. The van der Waals surface area contributed by atoms with Crippen LogP contribution in [0.3, 0.4) is 0 Å². The molecule has 4 heteroatoms. The quantitative estimate of drug-likeness (QED) is 0.648. The van der Waals surface area contributed by atoms with E-state index in [1.165, 1.54) is 0 Å². The Bertz CT molecular complexity index is 210. The molecule has 0 saturated heterocycles. The highest BCUT2D eigenvalue weighted by atomic mass is 16.2. The molecular weight excluding hydrogens is 168 g/mol. The summed E-state index contributed by atoms with van der Waals surface area (Å²) >= 11 is 0. The van der Waals surface area contributed by atoms with Crippen LogP contribution in [0.2, 0.25) is 0 Å². The van der Waals surface area contributed by atoms with E-state index in [9.17, 15) is 9.59 Å². The Morgan fingerprint density at radius 1 is 1.38 bits per heavy atom. The second-order valence-electron chi connectivity index (χ2n) is 3.71. The summed E-state index contributed by atoms with van der Waals surface area (Å²) in [5.74, 6) is 0.0646. The minimum Gasteiger partial charge on any atom is -0.352 e. The second kappa shape index (κ2) is 4.25. The van der Waals surface area contributed by atoms with Crippen molar-refractivity contribution < 1.29 is 9.59 Å². The Kier molecular flexibility index (Phi) is 3.28. The molecule has 1 rings (SSSR count). The number of nitrogens with one attached hydrogen (secondary N) is 2. The van der Waals surface area contributed by atoms with Gasteiger partial charge in [-0.15, -0.1) is 0 Å². The molecule has 1 saturated carbocycles. The summed E-state index contributed by atoms with van der Waals surface area (Å²) in [4.78, 5) is 22.2. The number of carbonyl (C=O) groups is 2. The van der Waals surface area contributed by atoms with Gasteiger partial charge in [0.25, 0.3) is 0 Å². The van der Waals surface area contributed by atoms with Crippen LogP contribution in [0.4, 0.5) is 0 Å². The third-order valence-electron chi connectivity index (χ3n) is 1.82. The first kappa shape index (κ1) is 10.0. The second-order valence-corrected chi connectivity index (χ2v) is 3.71. The SMILES string of the molecule is CC(C)NC(=O)CNC(=O)C1CC1. The molecule has 1 aliphatic rings. The zero-order valence-corrected chi connectivity index (χ0v) is 8.09. The van der Waals surface area contributed by atoms with Gasteiger partial charge in [-0.05, 0) is 26.7 Å². The molecule has 0 aliphatic heterocycles. The molecule has 2 amide bonds. The Morgan fingerprint density at radius 2 is 2.00 bits per heavy atom. The monoisotopic (exact) mass is 184 g/mol. The van der Waals surface area contributed by atoms with Gasteiger partial charge in [0.2, 0.25) is 11.8 Å². The van der Waals surface area contributed by atoms with Gasteiger partial charge >= 0.3 is 0 Å². The summed E-state index contributed by atoms with van der Waals surface area (Å²) in [5.41, 5.74) is 0. The molecule has 2 N–H and O–H groups in total. The molecular formula is C9H16N2O2. The Hall–Kier alpha value is -1.06. The lowest BCUT2D eigenvalue weighted by Gasteiger charge is -2.08. The average Bonchev–Trinajstić information content (AvgIpc) is 2.80. The third kappa shape index (κ3) is 3.92. The van der Waals surface area contributed by atoms with Crippen LogP contribution in [-0.2, 0) is 9.59 Å². The molecule has 1 aliphatic carbocycles. The first-order valence-corrected chi connectivity index (χ1v) is 4.66. The van der Waals surface area contributed by atoms with Gasteiger partial charge in [0.05, 0.1) is 6.54 Å². The zero-order valence-electron chi connectivity index (χ0n) is 8.09. The van der Waals surface area contributed by atoms with Gasteiger partial charge in [0.15, 0.2) is 0 Å². The first-order valence-electron chi connectivity index (χ1n) is 4.66. The van der Waals surface area contributed by atoms with Crippen LogP contribution in [0.1, 0.15) is 26.7 Å². The van der Waals surface area contributed by atoms with E-state index in [4.69, 9.17) is 0 Å². The summed E-state index contributed by atoms with van der Waals surface area (Å²) in [6.07, 6.45) is 1.94. The summed E-state index contributed by atoms with van der Waals surface area (Å²) in [6.45, 7) is 3.88. The van der Waals surface area contributed by atoms with Crippen LogP contribution in [0.25, 0.3) is 0 Å². The minimum absolute atomic E-state index is 0.0129. The third-order valence-corrected chi connectivity index (χ3v) is 1.82. The van der Waals surface area contributed by atoms with Crippen LogP contribution < -0.4 is 10.6 Å². The lowest BCUT2D eigenvalue weighted by Crippen LogP contribution is -2.40. The number of hydrogen-bond acceptors (Lipinski definition) is 2. The predicted molar refractivity (Wildman–Crippen MR) is 49.0 cm³/mol. The van der Waals surface area contributed by atoms with Crippen LogP contribution >= 0.6 is 0 Å². The Labute approximate surface area is 78.1 Å². The molecule has 0 aromatic rings. The predicted octanol–water partition coefficient (Wildman–Crippen LogP) is 0.0372. The molecule has 0 unspecified atom stereocenters. The van der Waals surface area contributed by atoms with Gasteiger partial charge in [0.1, 0.15) is 0 Å². The highest BCUT2D eigenvalue weighted by Crippen LogP contribution is 2.28. The summed E-state index contributed by atoms with van der Waals surface area (Å²) < 4.78 is 0. The smallest absolute Gasteiger partial charge is 0.239 e. The molecule has 13 heavy (non-hydrogen) atoms. The molecule has 0 aromatic heterocycles. The van der Waals surface area contributed by atoms with E-state index in [0.717, 1.165) is 12.8 Å². The van der Waals surface area contributed by atoms with Gasteiger partial charge in [-0.1, -0.05) is 0 Å². The van der Waals surface area contributed by atoms with Crippen molar-refractivity contribution in [3.63, 3.8) is 0 Å². The van der Waals surface area contributed by atoms with Gasteiger partial charge in [-0.2, -0.15) is 0 Å². The highest BCUT2D eigenvalue weighted by molar-refractivity contribution is 5.86. The van der Waals surface area contributed by atoms with Gasteiger partial charge in [0, 0.05) is 12.0 Å². The molecule has 1 fully saturated rings. The molecule has 0 bridgehead atoms. The Balaban J connectivity index is 2.10. The van der Waals surface area contributed by atoms with Crippen molar-refractivity contribution in [3.8, 4) is 0 Å². The standard InChI is InChI=1S/C9H16N2O2/c1-6(2)11-8(12)5-10-9(13)7-3-4-7/h6-7H,3-5H2,1-2H3,(H,10,13)(H,11,12). The molecule has 0 aromatic carbocycles. The molecule has 74 valence electrons. The fourth-order valence-electron chi connectivity index (χ4n) is 1.03. The number of carbonyl (C=O) groups excluding carboxylic acids is 2. The summed E-state index contributed by atoms with van der Waals surface area (Å²) in [6, 6.07) is 0.130. The number of rotatable bonds is 4. The van der Waals surface area contributed by atoms with Gasteiger partial charge in [-0.25, -0.2) is 0 Å². The highest BCUT2D eigenvalue weighted by Gasteiger charge is 2.29. The van der Waals surface area contributed by atoms with E-state index >= 15 is 0 Å². The maximum atomic E-state index is 11.1. The van der Waals surface area contributed by atoms with Crippen molar-refractivity contribution >= 4 is 11.8 Å². The lowest BCUT2D eigenvalue weighted by molar-refractivity contribution is -0.127. The molecule has 0 radical (unpaired) electrons.